The topological polar surface area (TPSA) is 77.1 Å². The molecule has 130 valence electrons. The lowest BCUT2D eigenvalue weighted by Crippen LogP contribution is -2.37. The van der Waals surface area contributed by atoms with Gasteiger partial charge in [-0.2, -0.15) is 0 Å². The molecule has 0 aliphatic carbocycles. The second-order valence-corrected chi connectivity index (χ2v) is 6.60. The van der Waals surface area contributed by atoms with Crippen LogP contribution in [0.5, 0.6) is 0 Å². The maximum atomic E-state index is 12.6. The Morgan fingerprint density at radius 2 is 2.08 bits per heavy atom. The number of aryl methyl sites for hydroxylation is 4. The van der Waals surface area contributed by atoms with Gasteiger partial charge in [0.05, 0.1) is 5.69 Å². The predicted molar refractivity (Wildman–Crippen MR) is 88.6 cm³/mol. The molecule has 24 heavy (non-hydrogen) atoms. The van der Waals surface area contributed by atoms with Crippen LogP contribution in [0, 0.1) is 20.8 Å². The van der Waals surface area contributed by atoms with Crippen LogP contribution in [-0.4, -0.2) is 43.8 Å². The van der Waals surface area contributed by atoms with E-state index in [0.717, 1.165) is 54.5 Å². The summed E-state index contributed by atoms with van der Waals surface area (Å²) in [5, 5.41) is 12.3. The van der Waals surface area contributed by atoms with Gasteiger partial charge in [-0.1, -0.05) is 5.16 Å². The summed E-state index contributed by atoms with van der Waals surface area (Å²) in [6.45, 7) is 6.67. The summed E-state index contributed by atoms with van der Waals surface area (Å²) in [5.74, 6) is 2.98. The van der Waals surface area contributed by atoms with Gasteiger partial charge in [-0.25, -0.2) is 0 Å². The lowest BCUT2D eigenvalue weighted by molar-refractivity contribution is -0.132. The van der Waals surface area contributed by atoms with E-state index < -0.39 is 0 Å². The predicted octanol–water partition coefficient (Wildman–Crippen LogP) is 1.99. The normalized spacial score (nSPS) is 17.4. The lowest BCUT2D eigenvalue weighted by Gasteiger charge is -2.27. The average molecular weight is 331 g/mol. The fourth-order valence-electron chi connectivity index (χ4n) is 3.48. The van der Waals surface area contributed by atoms with Crippen LogP contribution in [0.15, 0.2) is 4.52 Å². The summed E-state index contributed by atoms with van der Waals surface area (Å²) in [7, 11) is 1.92. The molecule has 0 N–H and O–H groups in total. The number of carbonyl (C=O) groups excluding carboxylic acids is 1. The molecule has 1 aliphatic heterocycles. The number of amides is 1. The minimum atomic E-state index is 0.175. The second kappa shape index (κ2) is 6.75. The van der Waals surface area contributed by atoms with Crippen LogP contribution in [-0.2, 0) is 24.2 Å². The highest BCUT2D eigenvalue weighted by atomic mass is 16.5. The first-order chi connectivity index (χ1) is 11.5. The Labute approximate surface area is 142 Å². The molecule has 0 fully saturated rings. The largest absolute Gasteiger partial charge is 0.361 e. The molecule has 1 aliphatic rings. The molecule has 0 saturated heterocycles. The maximum absolute atomic E-state index is 12.6. The second-order valence-electron chi connectivity index (χ2n) is 6.60. The Hall–Kier alpha value is -2.18. The fourth-order valence-corrected chi connectivity index (χ4v) is 3.48. The molecule has 0 bridgehead atoms. The van der Waals surface area contributed by atoms with Crippen molar-refractivity contribution >= 4 is 5.91 Å². The van der Waals surface area contributed by atoms with E-state index in [1.54, 1.807) is 0 Å². The Morgan fingerprint density at radius 1 is 1.29 bits per heavy atom. The zero-order chi connectivity index (χ0) is 17.3. The molecule has 0 aromatic carbocycles. The SMILES string of the molecule is Cc1noc(C)c1CCC(=O)N(C)C1CCc2nnc(C)n2CC1. The van der Waals surface area contributed by atoms with Gasteiger partial charge < -0.3 is 14.0 Å². The van der Waals surface area contributed by atoms with Gasteiger partial charge in [0.2, 0.25) is 5.91 Å². The highest BCUT2D eigenvalue weighted by Crippen LogP contribution is 2.20. The molecule has 2 aromatic rings. The molecule has 0 spiro atoms. The lowest BCUT2D eigenvalue weighted by atomic mass is 10.0. The summed E-state index contributed by atoms with van der Waals surface area (Å²) in [4.78, 5) is 14.5. The van der Waals surface area contributed by atoms with E-state index in [2.05, 4.69) is 19.9 Å². The van der Waals surface area contributed by atoms with Crippen LogP contribution in [0.2, 0.25) is 0 Å². The molecule has 2 aromatic heterocycles. The van der Waals surface area contributed by atoms with E-state index in [0.29, 0.717) is 12.8 Å². The molecule has 0 saturated carbocycles. The highest BCUT2D eigenvalue weighted by Gasteiger charge is 2.25. The maximum Gasteiger partial charge on any atom is 0.222 e. The summed E-state index contributed by atoms with van der Waals surface area (Å²) in [6, 6.07) is 0.253. The number of hydrogen-bond acceptors (Lipinski definition) is 5. The standard InChI is InChI=1S/C17H25N5O2/c1-11-15(12(2)24-20-11)6-8-17(23)21(4)14-5-7-16-19-18-13(3)22(16)10-9-14/h14H,5-10H2,1-4H3. The Kier molecular flexibility index (Phi) is 4.69. The number of rotatable bonds is 4. The molecule has 3 rings (SSSR count). The summed E-state index contributed by atoms with van der Waals surface area (Å²) < 4.78 is 7.34. The number of aromatic nitrogens is 4. The summed E-state index contributed by atoms with van der Waals surface area (Å²) in [5.41, 5.74) is 1.94. The number of nitrogens with zero attached hydrogens (tertiary/aromatic N) is 5. The van der Waals surface area contributed by atoms with Gasteiger partial charge >= 0.3 is 0 Å². The number of fused-ring (bicyclic) bond motifs is 1. The van der Waals surface area contributed by atoms with Crippen LogP contribution < -0.4 is 0 Å². The molecular weight excluding hydrogens is 306 g/mol. The molecule has 7 heteroatoms. The van der Waals surface area contributed by atoms with Crippen LogP contribution in [0.25, 0.3) is 0 Å². The van der Waals surface area contributed by atoms with Crippen molar-refractivity contribution in [1.82, 2.24) is 24.8 Å². The first kappa shape index (κ1) is 16.7. The van der Waals surface area contributed by atoms with Gasteiger partial charge in [0.15, 0.2) is 0 Å². The average Bonchev–Trinajstić information content (AvgIpc) is 2.98. The third-order valence-corrected chi connectivity index (χ3v) is 5.11. The monoisotopic (exact) mass is 331 g/mol. The third kappa shape index (κ3) is 3.20. The van der Waals surface area contributed by atoms with E-state index in [4.69, 9.17) is 4.52 Å². The molecule has 1 amide bonds. The van der Waals surface area contributed by atoms with Gasteiger partial charge in [0.1, 0.15) is 17.4 Å². The van der Waals surface area contributed by atoms with E-state index in [9.17, 15) is 4.79 Å². The number of hydrogen-bond donors (Lipinski definition) is 0. The van der Waals surface area contributed by atoms with Crippen molar-refractivity contribution in [2.24, 2.45) is 0 Å². The van der Waals surface area contributed by atoms with Crippen molar-refractivity contribution in [2.45, 2.75) is 65.5 Å². The van der Waals surface area contributed by atoms with Crippen molar-refractivity contribution in [3.05, 3.63) is 28.7 Å². The zero-order valence-electron chi connectivity index (χ0n) is 14.9. The smallest absolute Gasteiger partial charge is 0.222 e. The third-order valence-electron chi connectivity index (χ3n) is 5.11. The van der Waals surface area contributed by atoms with Crippen molar-refractivity contribution < 1.29 is 9.32 Å². The first-order valence-corrected chi connectivity index (χ1v) is 8.53. The zero-order valence-corrected chi connectivity index (χ0v) is 14.9. The fraction of sp³-hybridized carbons (Fsp3) is 0.647. The minimum Gasteiger partial charge on any atom is -0.361 e. The van der Waals surface area contributed by atoms with Gasteiger partial charge in [-0.05, 0) is 40.0 Å². The molecule has 1 unspecified atom stereocenters. The molecule has 0 radical (unpaired) electrons. The van der Waals surface area contributed by atoms with E-state index in [-0.39, 0.29) is 11.9 Å². The van der Waals surface area contributed by atoms with Crippen molar-refractivity contribution in [2.75, 3.05) is 7.05 Å². The van der Waals surface area contributed by atoms with Gasteiger partial charge in [0.25, 0.3) is 0 Å². The van der Waals surface area contributed by atoms with E-state index >= 15 is 0 Å². The van der Waals surface area contributed by atoms with Crippen LogP contribution in [0.1, 0.15) is 47.9 Å². The Bertz CT molecular complexity index is 714. The number of carbonyl (C=O) groups is 1. The first-order valence-electron chi connectivity index (χ1n) is 8.53. The minimum absolute atomic E-state index is 0.175. The van der Waals surface area contributed by atoms with Crippen LogP contribution in [0.3, 0.4) is 0 Å². The van der Waals surface area contributed by atoms with Crippen LogP contribution in [0.4, 0.5) is 0 Å². The molecule has 1 atom stereocenters. The Morgan fingerprint density at radius 3 is 2.79 bits per heavy atom. The van der Waals surface area contributed by atoms with Gasteiger partial charge in [-0.15, -0.1) is 10.2 Å². The van der Waals surface area contributed by atoms with Gasteiger partial charge in [-0.3, -0.25) is 4.79 Å². The van der Waals surface area contributed by atoms with Crippen molar-refractivity contribution in [1.29, 1.82) is 0 Å². The van der Waals surface area contributed by atoms with Crippen molar-refractivity contribution in [3.8, 4) is 0 Å². The van der Waals surface area contributed by atoms with Crippen molar-refractivity contribution in [3.63, 3.8) is 0 Å². The molecule has 7 nitrogen and oxygen atoms in total. The van der Waals surface area contributed by atoms with Crippen LogP contribution >= 0.6 is 0 Å². The molecule has 3 heterocycles. The quantitative estimate of drug-likeness (QED) is 0.856. The molecular formula is C17H25N5O2. The van der Waals surface area contributed by atoms with Gasteiger partial charge in [0, 0.05) is 38.0 Å². The Balaban J connectivity index is 1.58. The van der Waals surface area contributed by atoms with E-state index in [1.807, 2.05) is 32.7 Å². The highest BCUT2D eigenvalue weighted by molar-refractivity contribution is 5.76. The summed E-state index contributed by atoms with van der Waals surface area (Å²) in [6.07, 6.45) is 3.92. The summed E-state index contributed by atoms with van der Waals surface area (Å²) >= 11 is 0. The van der Waals surface area contributed by atoms with E-state index in [1.165, 1.54) is 0 Å².